The molecule has 2 aromatic carbocycles. The Bertz CT molecular complexity index is 1370. The summed E-state index contributed by atoms with van der Waals surface area (Å²) in [4.78, 5) is 51.3. The number of hydrogen-bond acceptors (Lipinski definition) is 11. The van der Waals surface area contributed by atoms with E-state index in [-0.39, 0.29) is 31.3 Å². The van der Waals surface area contributed by atoms with Gasteiger partial charge in [-0.2, -0.15) is 0 Å². The lowest BCUT2D eigenvalue weighted by atomic mass is 9.98. The number of ether oxygens (including phenoxy) is 5. The number of rotatable bonds is 18. The Morgan fingerprint density at radius 1 is 0.714 bits per heavy atom. The first-order chi connectivity index (χ1) is 23.3. The first-order valence-corrected chi connectivity index (χ1v) is 15.8. The Morgan fingerprint density at radius 3 is 1.76 bits per heavy atom. The van der Waals surface area contributed by atoms with Crippen LogP contribution in [0.25, 0.3) is 0 Å². The van der Waals surface area contributed by atoms with Crippen molar-refractivity contribution in [2.24, 2.45) is 11.8 Å². The number of nitrogens with one attached hydrogen (secondary N) is 4. The van der Waals surface area contributed by atoms with E-state index < -0.39 is 48.2 Å². The minimum atomic E-state index is -1.27. The van der Waals surface area contributed by atoms with Gasteiger partial charge in [0, 0.05) is 18.7 Å². The molecule has 4 atom stereocenters. The van der Waals surface area contributed by atoms with E-state index in [0.717, 1.165) is 5.56 Å². The third-order valence-corrected chi connectivity index (χ3v) is 7.73. The van der Waals surface area contributed by atoms with Gasteiger partial charge in [0.05, 0.1) is 47.7 Å². The number of carbonyl (C=O) groups excluding carboxylic acids is 4. The van der Waals surface area contributed by atoms with Crippen LogP contribution in [0, 0.1) is 11.8 Å². The maximum absolute atomic E-state index is 13.6. The SMILES string of the molecule is COC(=O)N[C@H](C(=O)N[C@@H](Cc1ccccc1)[C@@H](O)CN(Cc1ccc(OC)c(OC)c1OC)NC(=O)[C@@H](NC(=O)OC)C(C)C)C(C)C. The van der Waals surface area contributed by atoms with E-state index >= 15 is 0 Å². The lowest BCUT2D eigenvalue weighted by Gasteiger charge is -2.33. The largest absolute Gasteiger partial charge is 0.493 e. The van der Waals surface area contributed by atoms with Gasteiger partial charge >= 0.3 is 12.2 Å². The van der Waals surface area contributed by atoms with Gasteiger partial charge in [-0.15, -0.1) is 0 Å². The van der Waals surface area contributed by atoms with E-state index in [9.17, 15) is 24.3 Å². The third kappa shape index (κ3) is 12.0. The quantitative estimate of drug-likeness (QED) is 0.145. The molecule has 0 heterocycles. The highest BCUT2D eigenvalue weighted by Gasteiger charge is 2.32. The van der Waals surface area contributed by atoms with Crippen LogP contribution >= 0.6 is 0 Å². The zero-order valence-electron chi connectivity index (χ0n) is 29.7. The van der Waals surface area contributed by atoms with Gasteiger partial charge in [-0.1, -0.05) is 58.0 Å². The Balaban J connectivity index is 2.53. The fraction of sp³-hybridized carbons (Fsp3) is 0.529. The monoisotopic (exact) mass is 689 g/mol. The highest BCUT2D eigenvalue weighted by Crippen LogP contribution is 2.40. The van der Waals surface area contributed by atoms with Crippen LogP contribution in [0.5, 0.6) is 17.2 Å². The van der Waals surface area contributed by atoms with Crippen molar-refractivity contribution < 1.29 is 48.0 Å². The molecule has 0 aromatic heterocycles. The van der Waals surface area contributed by atoms with Crippen LogP contribution in [-0.4, -0.2) is 100 Å². The van der Waals surface area contributed by atoms with Crippen molar-refractivity contribution >= 4 is 24.0 Å². The Labute approximate surface area is 287 Å². The third-order valence-electron chi connectivity index (χ3n) is 7.73. The summed E-state index contributed by atoms with van der Waals surface area (Å²) in [5.74, 6) is -0.649. The average Bonchev–Trinajstić information content (AvgIpc) is 3.08. The van der Waals surface area contributed by atoms with Crippen LogP contribution in [0.4, 0.5) is 9.59 Å². The molecule has 4 amide bonds. The van der Waals surface area contributed by atoms with Gasteiger partial charge < -0.3 is 44.7 Å². The van der Waals surface area contributed by atoms with Crippen LogP contribution in [0.3, 0.4) is 0 Å². The van der Waals surface area contributed by atoms with Crippen LogP contribution in [0.1, 0.15) is 38.8 Å². The Hall–Kier alpha value is -4.76. The molecule has 5 N–H and O–H groups in total. The molecule has 0 spiro atoms. The molecule has 0 unspecified atom stereocenters. The molecule has 49 heavy (non-hydrogen) atoms. The Kier molecular flexibility index (Phi) is 16.4. The van der Waals surface area contributed by atoms with E-state index in [1.807, 2.05) is 30.3 Å². The second kappa shape index (κ2) is 19.9. The number of methoxy groups -OCH3 is 5. The van der Waals surface area contributed by atoms with E-state index in [4.69, 9.17) is 23.7 Å². The number of hydrogen-bond donors (Lipinski definition) is 5. The lowest BCUT2D eigenvalue weighted by molar-refractivity contribution is -0.131. The van der Waals surface area contributed by atoms with Crippen molar-refractivity contribution in [3.63, 3.8) is 0 Å². The van der Waals surface area contributed by atoms with Crippen molar-refractivity contribution in [2.75, 3.05) is 42.1 Å². The molecule has 0 aliphatic rings. The molecule has 0 aliphatic heterocycles. The van der Waals surface area contributed by atoms with Crippen molar-refractivity contribution in [2.45, 2.75) is 64.9 Å². The summed E-state index contributed by atoms with van der Waals surface area (Å²) in [7, 11) is 6.82. The minimum Gasteiger partial charge on any atom is -0.493 e. The fourth-order valence-corrected chi connectivity index (χ4v) is 5.09. The predicted octanol–water partition coefficient (Wildman–Crippen LogP) is 2.40. The summed E-state index contributed by atoms with van der Waals surface area (Å²) in [5.41, 5.74) is 4.22. The number of benzene rings is 2. The minimum absolute atomic E-state index is 0.000113. The van der Waals surface area contributed by atoms with Crippen LogP contribution in [0.15, 0.2) is 42.5 Å². The number of aliphatic hydroxyl groups excluding tert-OH is 1. The summed E-state index contributed by atoms with van der Waals surface area (Å²) in [5, 5.41) is 21.2. The molecule has 15 nitrogen and oxygen atoms in total. The zero-order chi connectivity index (χ0) is 36.7. The maximum Gasteiger partial charge on any atom is 0.407 e. The number of carbonyl (C=O) groups is 4. The molecule has 0 radical (unpaired) electrons. The lowest BCUT2D eigenvalue weighted by Crippen LogP contribution is -2.59. The summed E-state index contributed by atoms with van der Waals surface area (Å²) in [6.45, 7) is 6.86. The molecule has 0 bridgehead atoms. The summed E-state index contributed by atoms with van der Waals surface area (Å²) in [6, 6.07) is 9.83. The maximum atomic E-state index is 13.6. The molecule has 0 fully saturated rings. The molecule has 2 rings (SSSR count). The number of aliphatic hydroxyl groups is 1. The number of amides is 4. The predicted molar refractivity (Wildman–Crippen MR) is 181 cm³/mol. The number of hydrazine groups is 1. The molecular formula is C34H51N5O10. The first-order valence-electron chi connectivity index (χ1n) is 15.8. The zero-order valence-corrected chi connectivity index (χ0v) is 29.7. The van der Waals surface area contributed by atoms with E-state index in [0.29, 0.717) is 22.8 Å². The molecule has 2 aromatic rings. The highest BCUT2D eigenvalue weighted by atomic mass is 16.5. The molecule has 15 heteroatoms. The fourth-order valence-electron chi connectivity index (χ4n) is 5.09. The summed E-state index contributed by atoms with van der Waals surface area (Å²) in [6.07, 6.45) is -2.61. The second-order valence-electron chi connectivity index (χ2n) is 11.9. The normalized spacial score (nSPS) is 13.5. The van der Waals surface area contributed by atoms with E-state index in [1.165, 1.54) is 40.6 Å². The van der Waals surface area contributed by atoms with Gasteiger partial charge in [0.2, 0.25) is 11.7 Å². The molecule has 0 saturated carbocycles. The van der Waals surface area contributed by atoms with Crippen molar-refractivity contribution in [3.8, 4) is 17.2 Å². The molecular weight excluding hydrogens is 638 g/mol. The number of alkyl carbamates (subject to hydrolysis) is 2. The number of nitrogens with zero attached hydrogens (tertiary/aromatic N) is 1. The van der Waals surface area contributed by atoms with Gasteiger partial charge in [-0.25, -0.2) is 14.6 Å². The van der Waals surface area contributed by atoms with E-state index in [2.05, 4.69) is 21.4 Å². The molecule has 0 aliphatic carbocycles. The van der Waals surface area contributed by atoms with Gasteiger partial charge in [-0.3, -0.25) is 15.0 Å². The topological polar surface area (TPSA) is 186 Å². The van der Waals surface area contributed by atoms with Gasteiger partial charge in [0.25, 0.3) is 5.91 Å². The Morgan fingerprint density at radius 2 is 1.27 bits per heavy atom. The summed E-state index contributed by atoms with van der Waals surface area (Å²) >= 11 is 0. The molecule has 0 saturated heterocycles. The van der Waals surface area contributed by atoms with Gasteiger partial charge in [-0.05, 0) is 36.0 Å². The van der Waals surface area contributed by atoms with Gasteiger partial charge in [0.15, 0.2) is 11.5 Å². The van der Waals surface area contributed by atoms with Gasteiger partial charge in [0.1, 0.15) is 12.1 Å². The highest BCUT2D eigenvalue weighted by molar-refractivity contribution is 5.86. The van der Waals surface area contributed by atoms with Crippen LogP contribution in [0.2, 0.25) is 0 Å². The standard InChI is InChI=1S/C34H51N5O10/c1-20(2)27(36-33(43)48-8)31(41)35-24(17-22-13-11-10-12-14-22)25(40)19-39(38-32(42)28(21(3)4)37-34(44)49-9)18-23-15-16-26(45-5)30(47-7)29(23)46-6/h10-16,20-21,24-25,27-28,40H,17-19H2,1-9H3,(H,35,41)(H,36,43)(H,37,44)(H,38,42)/t24-,25-,27-,28-/m0/s1. The van der Waals surface area contributed by atoms with Crippen LogP contribution in [-0.2, 0) is 32.0 Å². The van der Waals surface area contributed by atoms with E-state index in [1.54, 1.807) is 39.8 Å². The second-order valence-corrected chi connectivity index (χ2v) is 11.9. The summed E-state index contributed by atoms with van der Waals surface area (Å²) < 4.78 is 26.0. The van der Waals surface area contributed by atoms with Crippen LogP contribution < -0.4 is 35.6 Å². The molecule has 272 valence electrons. The van der Waals surface area contributed by atoms with Crippen molar-refractivity contribution in [1.82, 2.24) is 26.4 Å². The van der Waals surface area contributed by atoms with Crippen molar-refractivity contribution in [1.29, 1.82) is 0 Å². The smallest absolute Gasteiger partial charge is 0.407 e. The average molecular weight is 690 g/mol. The van der Waals surface area contributed by atoms with Crippen molar-refractivity contribution in [3.05, 3.63) is 53.6 Å². The first kappa shape index (κ1) is 40.4.